The molecule has 0 aromatic heterocycles. The molecule has 0 bridgehead atoms. The van der Waals surface area contributed by atoms with Gasteiger partial charge in [0.05, 0.1) is 0 Å². The molecule has 0 rings (SSSR count). The summed E-state index contributed by atoms with van der Waals surface area (Å²) >= 11 is 0. The maximum atomic E-state index is 12.8. The topological polar surface area (TPSA) is 78.9 Å². The molecule has 1 atom stereocenters. The first kappa shape index (κ1) is 57.6. The zero-order valence-corrected chi connectivity index (χ0v) is 39.7. The summed E-state index contributed by atoms with van der Waals surface area (Å²) in [7, 11) is 0. The van der Waals surface area contributed by atoms with Gasteiger partial charge in [0.25, 0.3) is 0 Å². The van der Waals surface area contributed by atoms with E-state index in [1.807, 2.05) is 0 Å². The van der Waals surface area contributed by atoms with Crippen molar-refractivity contribution in [1.29, 1.82) is 0 Å². The molecule has 0 heterocycles. The lowest BCUT2D eigenvalue weighted by atomic mass is 10.0. The van der Waals surface area contributed by atoms with Gasteiger partial charge in [-0.1, -0.05) is 202 Å². The van der Waals surface area contributed by atoms with E-state index in [9.17, 15) is 14.4 Å². The number of allylic oxidation sites excluding steroid dienone is 14. The first-order valence-electron chi connectivity index (χ1n) is 25.1. The molecule has 0 saturated heterocycles. The van der Waals surface area contributed by atoms with Crippen molar-refractivity contribution in [2.75, 3.05) is 13.2 Å². The van der Waals surface area contributed by atoms with E-state index < -0.39 is 6.10 Å². The van der Waals surface area contributed by atoms with Crippen LogP contribution < -0.4 is 0 Å². The Morgan fingerprint density at radius 1 is 0.344 bits per heavy atom. The summed E-state index contributed by atoms with van der Waals surface area (Å²) in [5, 5.41) is 0. The summed E-state index contributed by atoms with van der Waals surface area (Å²) < 4.78 is 16.7. The molecule has 0 aromatic carbocycles. The molecule has 0 aromatic rings. The Kier molecular flexibility index (Phi) is 46.5. The van der Waals surface area contributed by atoms with Gasteiger partial charge in [0, 0.05) is 19.3 Å². The van der Waals surface area contributed by atoms with Crippen molar-refractivity contribution in [3.63, 3.8) is 0 Å². The largest absolute Gasteiger partial charge is 0.462 e. The number of carbonyl (C=O) groups excluding carboxylic acids is 3. The van der Waals surface area contributed by atoms with Gasteiger partial charge >= 0.3 is 17.9 Å². The van der Waals surface area contributed by atoms with E-state index in [1.165, 1.54) is 83.5 Å². The van der Waals surface area contributed by atoms with E-state index in [0.29, 0.717) is 19.3 Å². The van der Waals surface area contributed by atoms with Crippen LogP contribution in [0.1, 0.15) is 226 Å². The Balaban J connectivity index is 4.51. The first-order valence-corrected chi connectivity index (χ1v) is 25.1. The molecule has 6 nitrogen and oxygen atoms in total. The normalized spacial score (nSPS) is 12.8. The predicted octanol–water partition coefficient (Wildman–Crippen LogP) is 16.4. The van der Waals surface area contributed by atoms with Crippen LogP contribution in [-0.2, 0) is 28.6 Å². The maximum absolute atomic E-state index is 12.8. The zero-order valence-electron chi connectivity index (χ0n) is 39.7. The number of hydrogen-bond donors (Lipinski definition) is 0. The minimum Gasteiger partial charge on any atom is -0.462 e. The second kappa shape index (κ2) is 49.2. The highest BCUT2D eigenvalue weighted by Crippen LogP contribution is 2.14. The number of esters is 3. The average molecular weight is 849 g/mol. The quantitative estimate of drug-likeness (QED) is 0.0263. The number of carbonyl (C=O) groups is 3. The third-order valence-corrected chi connectivity index (χ3v) is 10.4. The van der Waals surface area contributed by atoms with Gasteiger partial charge in [0.15, 0.2) is 6.10 Å². The summed E-state index contributed by atoms with van der Waals surface area (Å²) in [6.07, 6.45) is 62.8. The van der Waals surface area contributed by atoms with Crippen LogP contribution in [0.3, 0.4) is 0 Å². The lowest BCUT2D eigenvalue weighted by molar-refractivity contribution is -0.167. The Hall–Kier alpha value is -3.41. The van der Waals surface area contributed by atoms with Gasteiger partial charge in [-0.2, -0.15) is 0 Å². The summed E-state index contributed by atoms with van der Waals surface area (Å²) in [5.41, 5.74) is 0. The van der Waals surface area contributed by atoms with Crippen LogP contribution in [0.5, 0.6) is 0 Å². The molecular formula is C55H92O6. The van der Waals surface area contributed by atoms with Crippen LogP contribution in [0.2, 0.25) is 0 Å². The number of unbranched alkanes of at least 4 members (excludes halogenated alkanes) is 19. The number of ether oxygens (including phenoxy) is 3. The van der Waals surface area contributed by atoms with Crippen molar-refractivity contribution < 1.29 is 28.6 Å². The van der Waals surface area contributed by atoms with Crippen molar-refractivity contribution in [3.8, 4) is 0 Å². The molecule has 0 aliphatic carbocycles. The molecule has 6 heteroatoms. The molecule has 0 radical (unpaired) electrons. The summed E-state index contributed by atoms with van der Waals surface area (Å²) in [4.78, 5) is 37.9. The molecule has 0 spiro atoms. The van der Waals surface area contributed by atoms with Crippen LogP contribution in [-0.4, -0.2) is 37.2 Å². The van der Waals surface area contributed by atoms with E-state index in [4.69, 9.17) is 14.2 Å². The molecule has 0 aliphatic heterocycles. The van der Waals surface area contributed by atoms with Crippen LogP contribution in [0.4, 0.5) is 0 Å². The van der Waals surface area contributed by atoms with Crippen LogP contribution in [0.25, 0.3) is 0 Å². The monoisotopic (exact) mass is 849 g/mol. The highest BCUT2D eigenvalue weighted by molar-refractivity contribution is 5.71. The zero-order chi connectivity index (χ0) is 44.4. The molecule has 0 fully saturated rings. The van der Waals surface area contributed by atoms with E-state index in [0.717, 1.165) is 96.3 Å². The fraction of sp³-hybridized carbons (Fsp3) is 0.691. The first-order chi connectivity index (χ1) is 30.0. The fourth-order valence-electron chi connectivity index (χ4n) is 6.62. The Bertz CT molecular complexity index is 1200. The highest BCUT2D eigenvalue weighted by Gasteiger charge is 2.19. The van der Waals surface area contributed by atoms with Crippen LogP contribution >= 0.6 is 0 Å². The lowest BCUT2D eigenvalue weighted by Crippen LogP contribution is -2.30. The van der Waals surface area contributed by atoms with Crippen molar-refractivity contribution in [1.82, 2.24) is 0 Å². The van der Waals surface area contributed by atoms with Gasteiger partial charge in [-0.3, -0.25) is 14.4 Å². The third-order valence-electron chi connectivity index (χ3n) is 10.4. The fourth-order valence-corrected chi connectivity index (χ4v) is 6.62. The van der Waals surface area contributed by atoms with Gasteiger partial charge < -0.3 is 14.2 Å². The molecule has 0 amide bonds. The van der Waals surface area contributed by atoms with Crippen molar-refractivity contribution in [3.05, 3.63) is 85.1 Å². The molecule has 1 unspecified atom stereocenters. The average Bonchev–Trinajstić information content (AvgIpc) is 3.26. The number of rotatable bonds is 44. The lowest BCUT2D eigenvalue weighted by Gasteiger charge is -2.18. The predicted molar refractivity (Wildman–Crippen MR) is 261 cm³/mol. The van der Waals surface area contributed by atoms with E-state index in [2.05, 4.69) is 106 Å². The number of hydrogen-bond acceptors (Lipinski definition) is 6. The van der Waals surface area contributed by atoms with Crippen molar-refractivity contribution >= 4 is 17.9 Å². The standard InChI is InChI=1S/C55H92O6/c1-4-7-10-13-16-19-22-25-27-28-29-31-33-36-39-42-45-48-54(57)60-51-52(50-59-53(56)47-44-41-38-35-32-24-21-18-15-12-9-6-3)61-55(58)49-46-43-40-37-34-30-26-23-20-17-14-11-8-5-2/h8,11,16-17,19-20,25-27,29-31,36,39,52H,4-7,9-10,12-15,18,21-24,28,32-35,37-38,40-51H2,1-3H3/b11-8-,19-16-,20-17-,27-25-,30-26-,31-29-,39-36-. The van der Waals surface area contributed by atoms with Crippen molar-refractivity contribution in [2.24, 2.45) is 0 Å². The van der Waals surface area contributed by atoms with Crippen molar-refractivity contribution in [2.45, 2.75) is 232 Å². The SMILES string of the molecule is CC/C=C\C/C=C\C/C=C\CCCCCCC(=O)OC(COC(=O)CCC/C=C\C/C=C\C/C=C\C/C=C\CCCCC)COC(=O)CCCCCCCCCCCCCC. The molecular weight excluding hydrogens is 757 g/mol. The van der Waals surface area contributed by atoms with Crippen LogP contribution in [0, 0.1) is 0 Å². The molecule has 0 saturated carbocycles. The summed E-state index contributed by atoms with van der Waals surface area (Å²) in [6, 6.07) is 0. The summed E-state index contributed by atoms with van der Waals surface area (Å²) in [6.45, 7) is 6.42. The smallest absolute Gasteiger partial charge is 0.306 e. The maximum Gasteiger partial charge on any atom is 0.306 e. The minimum absolute atomic E-state index is 0.102. The second-order valence-electron chi connectivity index (χ2n) is 16.3. The van der Waals surface area contributed by atoms with Gasteiger partial charge in [-0.25, -0.2) is 0 Å². The Morgan fingerprint density at radius 2 is 0.656 bits per heavy atom. The second-order valence-corrected chi connectivity index (χ2v) is 16.3. The Morgan fingerprint density at radius 3 is 1.10 bits per heavy atom. The van der Waals surface area contributed by atoms with E-state index in [1.54, 1.807) is 0 Å². The molecule has 348 valence electrons. The van der Waals surface area contributed by atoms with E-state index >= 15 is 0 Å². The Labute approximate surface area is 375 Å². The highest BCUT2D eigenvalue weighted by atomic mass is 16.6. The van der Waals surface area contributed by atoms with E-state index in [-0.39, 0.29) is 37.5 Å². The van der Waals surface area contributed by atoms with Gasteiger partial charge in [0.1, 0.15) is 13.2 Å². The third kappa shape index (κ3) is 47.5. The molecule has 0 aliphatic rings. The minimum atomic E-state index is -0.808. The van der Waals surface area contributed by atoms with Gasteiger partial charge in [0.2, 0.25) is 0 Å². The summed E-state index contributed by atoms with van der Waals surface area (Å²) in [5.74, 6) is -0.985. The molecule has 61 heavy (non-hydrogen) atoms. The van der Waals surface area contributed by atoms with Gasteiger partial charge in [-0.05, 0) is 89.9 Å². The van der Waals surface area contributed by atoms with Gasteiger partial charge in [-0.15, -0.1) is 0 Å². The van der Waals surface area contributed by atoms with Crippen LogP contribution in [0.15, 0.2) is 85.1 Å². The molecule has 0 N–H and O–H groups in total.